The Kier molecular flexibility index (Phi) is 7.15. The predicted octanol–water partition coefficient (Wildman–Crippen LogP) is 5.14. The summed E-state index contributed by atoms with van der Waals surface area (Å²) in [7, 11) is 0. The van der Waals surface area contributed by atoms with Crippen LogP contribution in [0.15, 0.2) is 82.7 Å². The highest BCUT2D eigenvalue weighted by molar-refractivity contribution is 7.99. The standard InChI is InChI=1S/C24H19Cl2N3O2S/c25-17-6-9-19(10-7-17)29-23(31)20-11-8-18(26)14-21(20)28-24(29)32-15-22(30)27-13-12-16-4-2-1-3-5-16/h1-11,14H,12-13,15H2,(H,27,30). The summed E-state index contributed by atoms with van der Waals surface area (Å²) in [5.74, 6) is -0.00465. The number of nitrogens with one attached hydrogen (secondary N) is 1. The first-order valence-electron chi connectivity index (χ1n) is 9.93. The van der Waals surface area contributed by atoms with Crippen LogP contribution in [0.25, 0.3) is 16.6 Å². The molecule has 0 aliphatic carbocycles. The van der Waals surface area contributed by atoms with E-state index in [9.17, 15) is 9.59 Å². The molecule has 3 aromatic carbocycles. The molecule has 0 bridgehead atoms. The molecule has 0 saturated heterocycles. The molecule has 0 fully saturated rings. The summed E-state index contributed by atoms with van der Waals surface area (Å²) in [6.45, 7) is 0.536. The smallest absolute Gasteiger partial charge is 0.266 e. The first kappa shape index (κ1) is 22.4. The fraction of sp³-hybridized carbons (Fsp3) is 0.125. The molecule has 0 radical (unpaired) electrons. The van der Waals surface area contributed by atoms with Crippen molar-refractivity contribution in [1.82, 2.24) is 14.9 Å². The van der Waals surface area contributed by atoms with Crippen molar-refractivity contribution in [2.24, 2.45) is 0 Å². The van der Waals surface area contributed by atoms with Crippen LogP contribution in [-0.2, 0) is 11.2 Å². The highest BCUT2D eigenvalue weighted by Gasteiger charge is 2.15. The van der Waals surface area contributed by atoms with Gasteiger partial charge in [0.05, 0.1) is 22.3 Å². The van der Waals surface area contributed by atoms with Gasteiger partial charge in [0.15, 0.2) is 5.16 Å². The van der Waals surface area contributed by atoms with Crippen molar-refractivity contribution in [2.75, 3.05) is 12.3 Å². The average Bonchev–Trinajstić information content (AvgIpc) is 2.79. The van der Waals surface area contributed by atoms with Gasteiger partial charge in [0.25, 0.3) is 5.56 Å². The molecule has 1 aromatic heterocycles. The molecule has 1 N–H and O–H groups in total. The Morgan fingerprint density at radius 2 is 1.69 bits per heavy atom. The van der Waals surface area contributed by atoms with E-state index >= 15 is 0 Å². The molecule has 0 unspecified atom stereocenters. The summed E-state index contributed by atoms with van der Waals surface area (Å²) in [5.41, 5.74) is 2.03. The van der Waals surface area contributed by atoms with E-state index in [0.717, 1.165) is 12.0 Å². The monoisotopic (exact) mass is 483 g/mol. The van der Waals surface area contributed by atoms with E-state index < -0.39 is 0 Å². The minimum Gasteiger partial charge on any atom is -0.355 e. The number of nitrogens with zero attached hydrogens (tertiary/aromatic N) is 2. The quantitative estimate of drug-likeness (QED) is 0.291. The molecule has 5 nitrogen and oxygen atoms in total. The number of aromatic nitrogens is 2. The van der Waals surface area contributed by atoms with Gasteiger partial charge < -0.3 is 5.32 Å². The van der Waals surface area contributed by atoms with Gasteiger partial charge in [0.1, 0.15) is 0 Å². The maximum Gasteiger partial charge on any atom is 0.266 e. The zero-order chi connectivity index (χ0) is 22.5. The largest absolute Gasteiger partial charge is 0.355 e. The average molecular weight is 484 g/mol. The van der Waals surface area contributed by atoms with Crippen LogP contribution in [0.2, 0.25) is 10.0 Å². The van der Waals surface area contributed by atoms with Gasteiger partial charge in [0.2, 0.25) is 5.91 Å². The molecule has 0 aliphatic rings. The Hall–Kier alpha value is -2.80. The molecule has 0 spiro atoms. The lowest BCUT2D eigenvalue weighted by atomic mass is 10.1. The van der Waals surface area contributed by atoms with Crippen molar-refractivity contribution in [3.8, 4) is 5.69 Å². The van der Waals surface area contributed by atoms with Crippen molar-refractivity contribution in [1.29, 1.82) is 0 Å². The summed E-state index contributed by atoms with van der Waals surface area (Å²) < 4.78 is 1.49. The number of hydrogen-bond donors (Lipinski definition) is 1. The third-order valence-corrected chi connectivity index (χ3v) is 6.22. The predicted molar refractivity (Wildman–Crippen MR) is 131 cm³/mol. The first-order chi connectivity index (χ1) is 15.5. The van der Waals surface area contributed by atoms with E-state index in [-0.39, 0.29) is 17.2 Å². The molecule has 0 atom stereocenters. The summed E-state index contributed by atoms with van der Waals surface area (Å²) >= 11 is 13.3. The van der Waals surface area contributed by atoms with Crippen molar-refractivity contribution in [3.05, 3.63) is 98.8 Å². The number of carbonyl (C=O) groups excluding carboxylic acids is 1. The van der Waals surface area contributed by atoms with E-state index in [1.54, 1.807) is 42.5 Å². The third-order valence-electron chi connectivity index (χ3n) is 4.80. The maximum absolute atomic E-state index is 13.3. The number of benzene rings is 3. The van der Waals surface area contributed by atoms with Crippen molar-refractivity contribution < 1.29 is 4.79 Å². The Balaban J connectivity index is 1.56. The molecule has 0 aliphatic heterocycles. The van der Waals surface area contributed by atoms with Gasteiger partial charge in [-0.05, 0) is 54.4 Å². The van der Waals surface area contributed by atoms with Gasteiger partial charge >= 0.3 is 0 Å². The number of fused-ring (bicyclic) bond motifs is 1. The van der Waals surface area contributed by atoms with Gasteiger partial charge in [-0.15, -0.1) is 0 Å². The summed E-state index contributed by atoms with van der Waals surface area (Å²) in [6, 6.07) is 21.8. The zero-order valence-corrected chi connectivity index (χ0v) is 19.3. The molecular weight excluding hydrogens is 465 g/mol. The van der Waals surface area contributed by atoms with Gasteiger partial charge in [-0.3, -0.25) is 14.2 Å². The third kappa shape index (κ3) is 5.33. The van der Waals surface area contributed by atoms with Crippen LogP contribution in [-0.4, -0.2) is 27.8 Å². The van der Waals surface area contributed by atoms with Crippen molar-refractivity contribution in [2.45, 2.75) is 11.6 Å². The molecule has 162 valence electrons. The minimum absolute atomic E-state index is 0.126. The second-order valence-electron chi connectivity index (χ2n) is 7.05. The molecule has 1 heterocycles. The number of thioether (sulfide) groups is 1. The Bertz CT molecular complexity index is 1310. The normalized spacial score (nSPS) is 10.9. The van der Waals surface area contributed by atoms with Gasteiger partial charge in [-0.1, -0.05) is 65.3 Å². The highest BCUT2D eigenvalue weighted by atomic mass is 35.5. The van der Waals surface area contributed by atoms with E-state index in [0.29, 0.717) is 38.3 Å². The van der Waals surface area contributed by atoms with Gasteiger partial charge in [-0.2, -0.15) is 0 Å². The topological polar surface area (TPSA) is 64.0 Å². The molecule has 1 amide bonds. The van der Waals surface area contributed by atoms with Gasteiger partial charge in [0, 0.05) is 16.6 Å². The van der Waals surface area contributed by atoms with E-state index in [4.69, 9.17) is 23.2 Å². The summed E-state index contributed by atoms with van der Waals surface area (Å²) in [4.78, 5) is 30.3. The lowest BCUT2D eigenvalue weighted by Gasteiger charge is -2.13. The molecule has 32 heavy (non-hydrogen) atoms. The van der Waals surface area contributed by atoms with Gasteiger partial charge in [-0.25, -0.2) is 4.98 Å². The second kappa shape index (κ2) is 10.2. The fourth-order valence-electron chi connectivity index (χ4n) is 3.23. The van der Waals surface area contributed by atoms with Crippen LogP contribution in [0.1, 0.15) is 5.56 Å². The fourth-order valence-corrected chi connectivity index (χ4v) is 4.36. The molecule has 0 saturated carbocycles. The summed E-state index contributed by atoms with van der Waals surface area (Å²) in [6.07, 6.45) is 0.749. The first-order valence-corrected chi connectivity index (χ1v) is 11.7. The number of rotatable bonds is 7. The molecule has 8 heteroatoms. The van der Waals surface area contributed by atoms with Crippen LogP contribution in [0.4, 0.5) is 0 Å². The number of hydrogen-bond acceptors (Lipinski definition) is 4. The van der Waals surface area contributed by atoms with Crippen molar-refractivity contribution in [3.63, 3.8) is 0 Å². The highest BCUT2D eigenvalue weighted by Crippen LogP contribution is 2.23. The summed E-state index contributed by atoms with van der Waals surface area (Å²) in [5, 5.41) is 4.82. The zero-order valence-electron chi connectivity index (χ0n) is 16.9. The number of amides is 1. The second-order valence-corrected chi connectivity index (χ2v) is 8.86. The van der Waals surface area contributed by atoms with E-state index in [1.807, 2.05) is 30.3 Å². The lowest BCUT2D eigenvalue weighted by molar-refractivity contribution is -0.118. The number of carbonyl (C=O) groups is 1. The molecule has 4 rings (SSSR count). The number of halogens is 2. The SMILES string of the molecule is O=C(CSc1nc2cc(Cl)ccc2c(=O)n1-c1ccc(Cl)cc1)NCCc1ccccc1. The van der Waals surface area contributed by atoms with Crippen LogP contribution in [0.3, 0.4) is 0 Å². The van der Waals surface area contributed by atoms with Crippen LogP contribution >= 0.6 is 35.0 Å². The molecule has 4 aromatic rings. The van der Waals surface area contributed by atoms with Crippen molar-refractivity contribution >= 4 is 51.8 Å². The minimum atomic E-state index is -0.235. The Labute approximate surface area is 199 Å². The molecular formula is C24H19Cl2N3O2S. The van der Waals surface area contributed by atoms with Crippen LogP contribution < -0.4 is 10.9 Å². The Morgan fingerprint density at radius 3 is 2.44 bits per heavy atom. The van der Waals surface area contributed by atoms with Crippen LogP contribution in [0.5, 0.6) is 0 Å². The Morgan fingerprint density at radius 1 is 0.969 bits per heavy atom. The van der Waals surface area contributed by atoms with E-state index in [1.165, 1.54) is 16.3 Å². The van der Waals surface area contributed by atoms with E-state index in [2.05, 4.69) is 10.3 Å². The maximum atomic E-state index is 13.3. The lowest BCUT2D eigenvalue weighted by Crippen LogP contribution is -2.28. The van der Waals surface area contributed by atoms with Crippen LogP contribution in [0, 0.1) is 0 Å².